The van der Waals surface area contributed by atoms with Crippen molar-refractivity contribution in [3.05, 3.63) is 38.9 Å². The van der Waals surface area contributed by atoms with Crippen LogP contribution in [0, 0.1) is 16.0 Å². The lowest BCUT2D eigenvalue weighted by Gasteiger charge is -2.21. The van der Waals surface area contributed by atoms with E-state index in [-0.39, 0.29) is 22.2 Å². The Morgan fingerprint density at radius 2 is 2.19 bits per heavy atom. The van der Waals surface area contributed by atoms with E-state index in [2.05, 4.69) is 6.92 Å². The van der Waals surface area contributed by atoms with Gasteiger partial charge in [-0.25, -0.2) is 0 Å². The van der Waals surface area contributed by atoms with E-state index >= 15 is 0 Å². The molecular formula is C15H19ClN2O3. The first kappa shape index (κ1) is 15.8. The van der Waals surface area contributed by atoms with Crippen LogP contribution in [0.25, 0.3) is 0 Å². The third kappa shape index (κ3) is 3.53. The van der Waals surface area contributed by atoms with Gasteiger partial charge >= 0.3 is 0 Å². The minimum atomic E-state index is -0.561. The Kier molecular flexibility index (Phi) is 5.17. The molecule has 2 rings (SSSR count). The topological polar surface area (TPSA) is 63.5 Å². The molecule has 0 N–H and O–H groups in total. The van der Waals surface area contributed by atoms with Gasteiger partial charge in [-0.1, -0.05) is 31.0 Å². The average Bonchev–Trinajstić information content (AvgIpc) is 2.71. The van der Waals surface area contributed by atoms with Gasteiger partial charge in [0.25, 0.3) is 11.6 Å². The molecule has 0 saturated carbocycles. The highest BCUT2D eigenvalue weighted by Gasteiger charge is 2.25. The molecule has 1 atom stereocenters. The van der Waals surface area contributed by atoms with E-state index in [1.807, 2.05) is 0 Å². The molecule has 1 aromatic carbocycles. The van der Waals surface area contributed by atoms with E-state index in [9.17, 15) is 14.9 Å². The molecule has 0 radical (unpaired) electrons. The van der Waals surface area contributed by atoms with Crippen molar-refractivity contribution >= 4 is 23.2 Å². The van der Waals surface area contributed by atoms with Gasteiger partial charge in [-0.2, -0.15) is 0 Å². The Bertz CT molecular complexity index is 548. The van der Waals surface area contributed by atoms with Crippen LogP contribution in [0.5, 0.6) is 0 Å². The predicted octanol–water partition coefficient (Wildman–Crippen LogP) is 3.90. The van der Waals surface area contributed by atoms with E-state index in [1.54, 1.807) is 11.0 Å². The van der Waals surface area contributed by atoms with Crippen LogP contribution in [0.15, 0.2) is 18.2 Å². The lowest BCUT2D eigenvalue weighted by Crippen LogP contribution is -2.32. The number of carbonyl (C=O) groups is 1. The predicted molar refractivity (Wildman–Crippen MR) is 81.6 cm³/mol. The van der Waals surface area contributed by atoms with Crippen molar-refractivity contribution in [3.63, 3.8) is 0 Å². The molecule has 1 aliphatic heterocycles. The maximum absolute atomic E-state index is 12.6. The lowest BCUT2D eigenvalue weighted by atomic mass is 9.98. The monoisotopic (exact) mass is 310 g/mol. The number of rotatable bonds is 3. The van der Waals surface area contributed by atoms with Crippen molar-refractivity contribution in [3.8, 4) is 0 Å². The van der Waals surface area contributed by atoms with Crippen molar-refractivity contribution in [2.75, 3.05) is 13.1 Å². The molecule has 5 nitrogen and oxygen atoms in total. The molecule has 114 valence electrons. The summed E-state index contributed by atoms with van der Waals surface area (Å²) in [6.45, 7) is 3.55. The molecule has 21 heavy (non-hydrogen) atoms. The number of nitro groups is 1. The molecule has 1 heterocycles. The van der Waals surface area contributed by atoms with Crippen molar-refractivity contribution in [1.29, 1.82) is 0 Å². The number of amides is 1. The number of nitrogens with zero attached hydrogens (tertiary/aromatic N) is 2. The third-order valence-corrected chi connectivity index (χ3v) is 4.51. The second kappa shape index (κ2) is 6.89. The van der Waals surface area contributed by atoms with E-state index < -0.39 is 4.92 Å². The summed E-state index contributed by atoms with van der Waals surface area (Å²) in [4.78, 5) is 24.7. The standard InChI is InChI=1S/C15H19ClN2O3/c1-2-11-5-4-9-17(10-8-11)15(19)12-6-3-7-13(14(12)16)18(20)21/h3,6-7,11H,2,4-5,8-10H2,1H3. The van der Waals surface area contributed by atoms with Gasteiger partial charge < -0.3 is 4.90 Å². The zero-order chi connectivity index (χ0) is 15.4. The van der Waals surface area contributed by atoms with E-state index in [0.29, 0.717) is 19.0 Å². The first-order valence-electron chi connectivity index (χ1n) is 7.26. The van der Waals surface area contributed by atoms with Crippen LogP contribution in [0.1, 0.15) is 43.0 Å². The number of likely N-dealkylation sites (tertiary alicyclic amines) is 1. The summed E-state index contributed by atoms with van der Waals surface area (Å²) in [6.07, 6.45) is 4.20. The molecule has 1 aromatic rings. The molecule has 0 spiro atoms. The summed E-state index contributed by atoms with van der Waals surface area (Å²) in [5, 5.41) is 10.8. The van der Waals surface area contributed by atoms with Crippen molar-refractivity contribution < 1.29 is 9.72 Å². The third-order valence-electron chi connectivity index (χ3n) is 4.12. The first-order chi connectivity index (χ1) is 10.0. The van der Waals surface area contributed by atoms with Gasteiger partial charge in [0, 0.05) is 19.2 Å². The molecule has 0 aromatic heterocycles. The summed E-state index contributed by atoms with van der Waals surface area (Å²) >= 11 is 6.03. The van der Waals surface area contributed by atoms with E-state index in [4.69, 9.17) is 11.6 Å². The number of carbonyl (C=O) groups excluding carboxylic acids is 1. The number of nitro benzene ring substituents is 1. The summed E-state index contributed by atoms with van der Waals surface area (Å²) in [5.41, 5.74) is 0.00425. The highest BCUT2D eigenvalue weighted by atomic mass is 35.5. The Labute approximate surface area is 129 Å². The van der Waals surface area contributed by atoms with Crippen LogP contribution < -0.4 is 0 Å². The number of hydrogen-bond acceptors (Lipinski definition) is 3. The number of hydrogen-bond donors (Lipinski definition) is 0. The minimum absolute atomic E-state index is 0.0659. The van der Waals surface area contributed by atoms with Gasteiger partial charge in [0.05, 0.1) is 10.5 Å². The zero-order valence-electron chi connectivity index (χ0n) is 12.0. The van der Waals surface area contributed by atoms with Crippen LogP contribution in [0.3, 0.4) is 0 Å². The Balaban J connectivity index is 2.20. The molecule has 1 unspecified atom stereocenters. The second-order valence-electron chi connectivity index (χ2n) is 5.39. The minimum Gasteiger partial charge on any atom is -0.339 e. The summed E-state index contributed by atoms with van der Waals surface area (Å²) in [7, 11) is 0. The Morgan fingerprint density at radius 1 is 1.43 bits per heavy atom. The van der Waals surface area contributed by atoms with Gasteiger partial charge in [0.2, 0.25) is 0 Å². The average molecular weight is 311 g/mol. The summed E-state index contributed by atoms with van der Waals surface area (Å²) in [6, 6.07) is 4.37. The molecule has 6 heteroatoms. The zero-order valence-corrected chi connectivity index (χ0v) is 12.8. The van der Waals surface area contributed by atoms with Gasteiger partial charge in [0.1, 0.15) is 5.02 Å². The van der Waals surface area contributed by atoms with Crippen molar-refractivity contribution in [2.45, 2.75) is 32.6 Å². The Hall–Kier alpha value is -1.62. The molecule has 0 aliphatic carbocycles. The quantitative estimate of drug-likeness (QED) is 0.628. The summed E-state index contributed by atoms with van der Waals surface area (Å²) < 4.78 is 0. The lowest BCUT2D eigenvalue weighted by molar-refractivity contribution is -0.384. The van der Waals surface area contributed by atoms with Crippen LogP contribution in [0.2, 0.25) is 5.02 Å². The normalized spacial score (nSPS) is 19.1. The molecule has 1 amide bonds. The fourth-order valence-electron chi connectivity index (χ4n) is 2.77. The highest BCUT2D eigenvalue weighted by Crippen LogP contribution is 2.29. The Morgan fingerprint density at radius 3 is 2.86 bits per heavy atom. The van der Waals surface area contributed by atoms with Gasteiger partial charge in [-0.15, -0.1) is 0 Å². The van der Waals surface area contributed by atoms with E-state index in [1.165, 1.54) is 12.1 Å². The van der Waals surface area contributed by atoms with Gasteiger partial charge in [-0.3, -0.25) is 14.9 Å². The maximum atomic E-state index is 12.6. The van der Waals surface area contributed by atoms with Crippen LogP contribution in [0.4, 0.5) is 5.69 Å². The fraction of sp³-hybridized carbons (Fsp3) is 0.533. The SMILES string of the molecule is CCC1CCCN(C(=O)c2cccc([N+](=O)[O-])c2Cl)CC1. The highest BCUT2D eigenvalue weighted by molar-refractivity contribution is 6.35. The molecule has 0 bridgehead atoms. The van der Waals surface area contributed by atoms with Gasteiger partial charge in [0.15, 0.2) is 0 Å². The smallest absolute Gasteiger partial charge is 0.288 e. The van der Waals surface area contributed by atoms with Crippen molar-refractivity contribution in [1.82, 2.24) is 4.90 Å². The van der Waals surface area contributed by atoms with Gasteiger partial charge in [-0.05, 0) is 31.2 Å². The first-order valence-corrected chi connectivity index (χ1v) is 7.64. The second-order valence-corrected chi connectivity index (χ2v) is 5.77. The van der Waals surface area contributed by atoms with Crippen LogP contribution in [-0.2, 0) is 0 Å². The molecule has 1 aliphatic rings. The largest absolute Gasteiger partial charge is 0.339 e. The van der Waals surface area contributed by atoms with Crippen LogP contribution in [-0.4, -0.2) is 28.8 Å². The van der Waals surface area contributed by atoms with Crippen LogP contribution >= 0.6 is 11.6 Å². The number of benzene rings is 1. The molecular weight excluding hydrogens is 292 g/mol. The number of halogens is 1. The van der Waals surface area contributed by atoms with E-state index in [0.717, 1.165) is 25.7 Å². The maximum Gasteiger partial charge on any atom is 0.288 e. The fourth-order valence-corrected chi connectivity index (χ4v) is 3.05. The molecule has 1 fully saturated rings. The van der Waals surface area contributed by atoms with Crippen molar-refractivity contribution in [2.24, 2.45) is 5.92 Å². The molecule has 1 saturated heterocycles. The summed E-state index contributed by atoms with van der Waals surface area (Å²) in [5.74, 6) is 0.448.